The molecular formula is C41H83N3O5S. The van der Waals surface area contributed by atoms with Crippen molar-refractivity contribution in [3.05, 3.63) is 0 Å². The minimum absolute atomic E-state index is 0.102. The lowest BCUT2D eigenvalue weighted by atomic mass is 10.0. The largest absolute Gasteiger partial charge is 0.726 e. The van der Waals surface area contributed by atoms with Gasteiger partial charge in [0, 0.05) is 12.8 Å². The van der Waals surface area contributed by atoms with E-state index in [0.717, 1.165) is 25.9 Å². The summed E-state index contributed by atoms with van der Waals surface area (Å²) in [4.78, 5) is 15.1. The SMILES string of the molecule is CCCCCCCCCCCCCCCCCC(=O)NC(C)[N+]1=C(CCCCCCCCCCCCCCCCC)N(C)CC1.O=S(=O)([O-])O. The van der Waals surface area contributed by atoms with Gasteiger partial charge in [-0.1, -0.05) is 194 Å². The van der Waals surface area contributed by atoms with E-state index in [1.165, 1.54) is 192 Å². The molecule has 0 radical (unpaired) electrons. The summed E-state index contributed by atoms with van der Waals surface area (Å²) in [5, 5.41) is 3.32. The van der Waals surface area contributed by atoms with Crippen LogP contribution in [0.2, 0.25) is 0 Å². The molecule has 9 heteroatoms. The molecule has 0 aromatic carbocycles. The Morgan fingerprint density at radius 1 is 0.660 bits per heavy atom. The van der Waals surface area contributed by atoms with Crippen LogP contribution in [0.1, 0.15) is 226 Å². The Kier molecular flexibility index (Phi) is 34.0. The first-order valence-electron chi connectivity index (χ1n) is 21.4. The zero-order valence-corrected chi connectivity index (χ0v) is 34.3. The number of amides is 1. The molecule has 0 aromatic heterocycles. The van der Waals surface area contributed by atoms with Crippen LogP contribution in [0, 0.1) is 0 Å². The maximum absolute atomic E-state index is 12.7. The second-order valence-corrected chi connectivity index (χ2v) is 16.0. The molecule has 0 aromatic rings. The molecule has 0 saturated carbocycles. The number of rotatable bonds is 34. The molecule has 1 aliphatic heterocycles. The monoisotopic (exact) mass is 730 g/mol. The second kappa shape index (κ2) is 34.9. The van der Waals surface area contributed by atoms with Crippen molar-refractivity contribution >= 4 is 22.1 Å². The normalized spacial score (nSPS) is 13.8. The van der Waals surface area contributed by atoms with Gasteiger partial charge in [0.2, 0.25) is 22.1 Å². The lowest BCUT2D eigenvalue weighted by Crippen LogP contribution is -2.43. The van der Waals surface area contributed by atoms with Crippen LogP contribution in [0.5, 0.6) is 0 Å². The predicted octanol–water partition coefficient (Wildman–Crippen LogP) is 11.3. The van der Waals surface area contributed by atoms with Gasteiger partial charge in [-0.25, -0.2) is 13.0 Å². The summed E-state index contributed by atoms with van der Waals surface area (Å²) in [5.74, 6) is 1.67. The average Bonchev–Trinajstić information content (AvgIpc) is 3.43. The summed E-state index contributed by atoms with van der Waals surface area (Å²) >= 11 is 0. The van der Waals surface area contributed by atoms with Gasteiger partial charge < -0.3 is 9.87 Å². The number of nitrogens with one attached hydrogen (secondary N) is 1. The van der Waals surface area contributed by atoms with E-state index in [9.17, 15) is 4.79 Å². The number of hydrogen-bond acceptors (Lipinski definition) is 5. The van der Waals surface area contributed by atoms with Crippen LogP contribution in [-0.4, -0.2) is 65.0 Å². The number of carbonyl (C=O) groups excluding carboxylic acids is 1. The van der Waals surface area contributed by atoms with Gasteiger partial charge in [0.25, 0.3) is 0 Å². The van der Waals surface area contributed by atoms with Crippen molar-refractivity contribution in [3.8, 4) is 0 Å². The van der Waals surface area contributed by atoms with Crippen LogP contribution >= 0.6 is 0 Å². The highest BCUT2D eigenvalue weighted by Gasteiger charge is 2.30. The maximum Gasteiger partial charge on any atom is 0.248 e. The van der Waals surface area contributed by atoms with Gasteiger partial charge in [-0.2, -0.15) is 0 Å². The Balaban J connectivity index is 0.00000445. The van der Waals surface area contributed by atoms with Crippen molar-refractivity contribution in [1.82, 2.24) is 10.2 Å². The van der Waals surface area contributed by atoms with E-state index in [-0.39, 0.29) is 12.1 Å². The molecule has 8 nitrogen and oxygen atoms in total. The maximum atomic E-state index is 12.7. The van der Waals surface area contributed by atoms with Gasteiger partial charge >= 0.3 is 0 Å². The number of hydrogen-bond donors (Lipinski definition) is 2. The number of nitrogens with zero attached hydrogens (tertiary/aromatic N) is 2. The molecule has 0 spiro atoms. The molecular weight excluding hydrogens is 647 g/mol. The Morgan fingerprint density at radius 2 is 0.960 bits per heavy atom. The van der Waals surface area contributed by atoms with Crippen molar-refractivity contribution in [1.29, 1.82) is 0 Å². The van der Waals surface area contributed by atoms with Crippen molar-refractivity contribution < 1.29 is 26.9 Å². The highest BCUT2D eigenvalue weighted by atomic mass is 32.3. The fourth-order valence-electron chi connectivity index (χ4n) is 7.18. The summed E-state index contributed by atoms with van der Waals surface area (Å²) < 4.78 is 35.3. The highest BCUT2D eigenvalue weighted by molar-refractivity contribution is 7.79. The van der Waals surface area contributed by atoms with E-state index in [0.29, 0.717) is 6.42 Å². The molecule has 1 aliphatic rings. The van der Waals surface area contributed by atoms with Gasteiger partial charge in [0.15, 0.2) is 6.17 Å². The zero-order chi connectivity index (χ0) is 37.1. The Labute approximate surface area is 311 Å². The van der Waals surface area contributed by atoms with Gasteiger partial charge in [-0.15, -0.1) is 0 Å². The second-order valence-electron chi connectivity index (χ2n) is 15.1. The standard InChI is InChI=1S/C41H81N3O.H2O4S/c1-5-7-9-11-13-15-17-19-21-23-25-27-29-31-33-35-40(45)42-39(3)44-38-37-43(4)41(44)36-34-32-30-28-26-24-22-20-18-16-14-12-10-8-6-2;1-5(2,3)4/h39H,5-38H2,1-4H3;(H2,1,2,3,4). The summed E-state index contributed by atoms with van der Waals surface area (Å²) in [6, 6.07) is 0. The Morgan fingerprint density at radius 3 is 1.30 bits per heavy atom. The van der Waals surface area contributed by atoms with E-state index in [1.807, 2.05) is 0 Å². The smallest absolute Gasteiger partial charge is 0.248 e. The van der Waals surface area contributed by atoms with Crippen LogP contribution in [-0.2, 0) is 15.2 Å². The van der Waals surface area contributed by atoms with Crippen LogP contribution < -0.4 is 5.32 Å². The fourth-order valence-corrected chi connectivity index (χ4v) is 7.18. The molecule has 1 atom stereocenters. The molecule has 2 N–H and O–H groups in total. The molecule has 0 bridgehead atoms. The Hall–Kier alpha value is -1.19. The summed E-state index contributed by atoms with van der Waals surface area (Å²) in [6.45, 7) is 8.88. The number of unbranched alkanes of at least 4 members (excludes halogenated alkanes) is 28. The van der Waals surface area contributed by atoms with E-state index < -0.39 is 10.4 Å². The van der Waals surface area contributed by atoms with Gasteiger partial charge in [-0.05, 0) is 19.8 Å². The van der Waals surface area contributed by atoms with Crippen LogP contribution in [0.4, 0.5) is 0 Å². The first-order chi connectivity index (χ1) is 24.1. The third-order valence-corrected chi connectivity index (χ3v) is 10.3. The van der Waals surface area contributed by atoms with Gasteiger partial charge in [0.05, 0.1) is 7.05 Å². The number of carbonyl (C=O) groups is 1. The predicted molar refractivity (Wildman–Crippen MR) is 212 cm³/mol. The molecule has 1 rings (SSSR count). The van der Waals surface area contributed by atoms with Gasteiger partial charge in [0.1, 0.15) is 13.1 Å². The van der Waals surface area contributed by atoms with Gasteiger partial charge in [-0.3, -0.25) is 14.2 Å². The minimum Gasteiger partial charge on any atom is -0.726 e. The minimum atomic E-state index is -4.92. The van der Waals surface area contributed by atoms with Crippen molar-refractivity contribution in [3.63, 3.8) is 0 Å². The van der Waals surface area contributed by atoms with Crippen LogP contribution in [0.25, 0.3) is 0 Å². The molecule has 1 amide bonds. The third kappa shape index (κ3) is 33.9. The van der Waals surface area contributed by atoms with Crippen molar-refractivity contribution in [2.45, 2.75) is 232 Å². The molecule has 1 heterocycles. The average molecular weight is 730 g/mol. The van der Waals surface area contributed by atoms with E-state index in [1.54, 1.807) is 0 Å². The fraction of sp³-hybridized carbons (Fsp3) is 0.951. The molecule has 0 fully saturated rings. The van der Waals surface area contributed by atoms with Crippen LogP contribution in [0.15, 0.2) is 0 Å². The lowest BCUT2D eigenvalue weighted by molar-refractivity contribution is -0.558. The topological polar surface area (TPSA) is 113 Å². The zero-order valence-electron chi connectivity index (χ0n) is 33.5. The molecule has 0 saturated heterocycles. The molecule has 298 valence electrons. The summed E-state index contributed by atoms with van der Waals surface area (Å²) in [7, 11) is -2.69. The number of amidine groups is 1. The Bertz CT molecular complexity index is 904. The number of likely N-dealkylation sites (N-methyl/N-ethyl adjacent to an activating group) is 1. The first kappa shape index (κ1) is 48.8. The lowest BCUT2D eigenvalue weighted by Gasteiger charge is -2.16. The first-order valence-corrected chi connectivity index (χ1v) is 22.8. The van der Waals surface area contributed by atoms with E-state index in [4.69, 9.17) is 17.5 Å². The molecule has 0 aliphatic carbocycles. The quantitative estimate of drug-likeness (QED) is 0.0295. The van der Waals surface area contributed by atoms with Crippen LogP contribution in [0.3, 0.4) is 0 Å². The molecule has 50 heavy (non-hydrogen) atoms. The van der Waals surface area contributed by atoms with E-state index in [2.05, 4.69) is 42.6 Å². The van der Waals surface area contributed by atoms with Crippen molar-refractivity contribution in [2.75, 3.05) is 20.1 Å². The van der Waals surface area contributed by atoms with Crippen molar-refractivity contribution in [2.24, 2.45) is 0 Å². The third-order valence-electron chi connectivity index (χ3n) is 10.3. The van der Waals surface area contributed by atoms with E-state index >= 15 is 0 Å². The summed E-state index contributed by atoms with van der Waals surface area (Å²) in [6.07, 6.45) is 43.5. The highest BCUT2D eigenvalue weighted by Crippen LogP contribution is 2.16. The summed E-state index contributed by atoms with van der Waals surface area (Å²) in [5.41, 5.74) is 0. The molecule has 1 unspecified atom stereocenters.